The van der Waals surface area contributed by atoms with Crippen LogP contribution in [-0.4, -0.2) is 23.1 Å². The van der Waals surface area contributed by atoms with Crippen LogP contribution in [0.15, 0.2) is 6.07 Å². The molecule has 1 saturated carbocycles. The topological polar surface area (TPSA) is 85.1 Å². The summed E-state index contributed by atoms with van der Waals surface area (Å²) in [4.78, 5) is 8.73. The van der Waals surface area contributed by atoms with Gasteiger partial charge < -0.3 is 15.5 Å². The molecule has 0 amide bonds. The minimum atomic E-state index is 0.377. The molecule has 1 aliphatic rings. The van der Waals surface area contributed by atoms with Crippen LogP contribution < -0.4 is 16.6 Å². The van der Waals surface area contributed by atoms with Gasteiger partial charge in [-0.05, 0) is 24.7 Å². The molecule has 20 heavy (non-hydrogen) atoms. The molecule has 1 aliphatic carbocycles. The van der Waals surface area contributed by atoms with Gasteiger partial charge in [-0.3, -0.25) is 0 Å². The molecule has 3 unspecified atom stereocenters. The number of nitrogens with zero attached hydrogens (tertiary/aromatic N) is 2. The van der Waals surface area contributed by atoms with Crippen LogP contribution in [-0.2, 0) is 11.3 Å². The fraction of sp³-hybridized carbons (Fsp3) is 0.714. The summed E-state index contributed by atoms with van der Waals surface area (Å²) in [5.41, 5.74) is 2.58. The van der Waals surface area contributed by atoms with Gasteiger partial charge in [0, 0.05) is 19.2 Å². The second kappa shape index (κ2) is 6.85. The van der Waals surface area contributed by atoms with E-state index in [-0.39, 0.29) is 0 Å². The Kier molecular flexibility index (Phi) is 5.14. The number of aromatic nitrogens is 2. The lowest BCUT2D eigenvalue weighted by molar-refractivity contribution is 0.178. The standard InChI is InChI=1S/C14H25N5O/c1-4-10-5-6-11(9(10)2)16-12-7-13(19-15)18-14(17-12)8-20-3/h7,9-11H,4-6,8,15H2,1-3H3,(H2,16,17,18,19). The lowest BCUT2D eigenvalue weighted by Crippen LogP contribution is -2.25. The van der Waals surface area contributed by atoms with Crippen molar-refractivity contribution in [3.8, 4) is 0 Å². The Morgan fingerprint density at radius 3 is 2.70 bits per heavy atom. The highest BCUT2D eigenvalue weighted by Crippen LogP contribution is 2.35. The Morgan fingerprint density at radius 1 is 1.35 bits per heavy atom. The summed E-state index contributed by atoms with van der Waals surface area (Å²) in [7, 11) is 1.63. The molecule has 1 heterocycles. The molecule has 2 rings (SSSR count). The molecule has 1 aromatic heterocycles. The number of hydrogen-bond donors (Lipinski definition) is 3. The third-order valence-corrected chi connectivity index (χ3v) is 4.28. The summed E-state index contributed by atoms with van der Waals surface area (Å²) >= 11 is 0. The molecule has 6 heteroatoms. The van der Waals surface area contributed by atoms with E-state index in [1.165, 1.54) is 19.3 Å². The first-order valence-corrected chi connectivity index (χ1v) is 7.28. The summed E-state index contributed by atoms with van der Waals surface area (Å²) in [6.07, 6.45) is 3.72. The lowest BCUT2D eigenvalue weighted by atomic mass is 9.93. The van der Waals surface area contributed by atoms with Crippen LogP contribution in [0.5, 0.6) is 0 Å². The summed E-state index contributed by atoms with van der Waals surface area (Å²) in [6, 6.07) is 2.31. The maximum Gasteiger partial charge on any atom is 0.158 e. The molecule has 0 aliphatic heterocycles. The Morgan fingerprint density at radius 2 is 2.10 bits per heavy atom. The normalized spacial score (nSPS) is 25.7. The van der Waals surface area contributed by atoms with E-state index in [0.717, 1.165) is 11.7 Å². The van der Waals surface area contributed by atoms with Gasteiger partial charge in [0.1, 0.15) is 18.2 Å². The van der Waals surface area contributed by atoms with E-state index in [2.05, 4.69) is 34.6 Å². The first-order chi connectivity index (χ1) is 9.67. The van der Waals surface area contributed by atoms with E-state index in [1.807, 2.05) is 6.07 Å². The van der Waals surface area contributed by atoms with Crippen molar-refractivity contribution in [3.63, 3.8) is 0 Å². The molecule has 3 atom stereocenters. The molecule has 4 N–H and O–H groups in total. The Labute approximate surface area is 120 Å². The number of rotatable bonds is 6. The van der Waals surface area contributed by atoms with E-state index in [9.17, 15) is 0 Å². The minimum absolute atomic E-state index is 0.377. The van der Waals surface area contributed by atoms with Crippen LogP contribution in [0.3, 0.4) is 0 Å². The van der Waals surface area contributed by atoms with Crippen molar-refractivity contribution < 1.29 is 4.74 Å². The third kappa shape index (κ3) is 3.37. The van der Waals surface area contributed by atoms with Gasteiger partial charge in [0.2, 0.25) is 0 Å². The van der Waals surface area contributed by atoms with Crippen LogP contribution in [0.4, 0.5) is 11.6 Å². The van der Waals surface area contributed by atoms with Crippen molar-refractivity contribution in [2.75, 3.05) is 17.9 Å². The highest BCUT2D eigenvalue weighted by Gasteiger charge is 2.31. The van der Waals surface area contributed by atoms with Crippen LogP contribution in [0.25, 0.3) is 0 Å². The van der Waals surface area contributed by atoms with Crippen molar-refractivity contribution >= 4 is 11.6 Å². The first kappa shape index (κ1) is 15.0. The Hall–Kier alpha value is -1.40. The van der Waals surface area contributed by atoms with Crippen molar-refractivity contribution in [2.24, 2.45) is 17.7 Å². The average Bonchev–Trinajstić information content (AvgIpc) is 2.79. The van der Waals surface area contributed by atoms with Gasteiger partial charge in [0.05, 0.1) is 0 Å². The van der Waals surface area contributed by atoms with Crippen molar-refractivity contribution in [1.29, 1.82) is 0 Å². The number of nitrogen functional groups attached to an aromatic ring is 1. The molecule has 1 fully saturated rings. The zero-order chi connectivity index (χ0) is 14.5. The van der Waals surface area contributed by atoms with Gasteiger partial charge in [-0.1, -0.05) is 20.3 Å². The maximum absolute atomic E-state index is 5.45. The lowest BCUT2D eigenvalue weighted by Gasteiger charge is -2.22. The van der Waals surface area contributed by atoms with Crippen LogP contribution >= 0.6 is 0 Å². The average molecular weight is 279 g/mol. The number of hydrazine groups is 1. The van der Waals surface area contributed by atoms with Crippen LogP contribution in [0.2, 0.25) is 0 Å². The van der Waals surface area contributed by atoms with E-state index in [4.69, 9.17) is 10.6 Å². The largest absolute Gasteiger partial charge is 0.377 e. The van der Waals surface area contributed by atoms with Gasteiger partial charge in [-0.2, -0.15) is 0 Å². The van der Waals surface area contributed by atoms with Crippen molar-refractivity contribution in [1.82, 2.24) is 9.97 Å². The molecular formula is C14H25N5O. The molecular weight excluding hydrogens is 254 g/mol. The quantitative estimate of drug-likeness (QED) is 0.546. The van der Waals surface area contributed by atoms with Crippen LogP contribution in [0.1, 0.15) is 38.9 Å². The fourth-order valence-corrected chi connectivity index (χ4v) is 3.06. The number of hydrogen-bond acceptors (Lipinski definition) is 6. The zero-order valence-corrected chi connectivity index (χ0v) is 12.5. The van der Waals surface area contributed by atoms with E-state index in [0.29, 0.717) is 30.2 Å². The highest BCUT2D eigenvalue weighted by atomic mass is 16.5. The van der Waals surface area contributed by atoms with Gasteiger partial charge in [0.15, 0.2) is 5.82 Å². The second-order valence-corrected chi connectivity index (χ2v) is 5.49. The highest BCUT2D eigenvalue weighted by molar-refractivity contribution is 5.47. The Bertz CT molecular complexity index is 440. The number of anilines is 2. The van der Waals surface area contributed by atoms with E-state index >= 15 is 0 Å². The minimum Gasteiger partial charge on any atom is -0.377 e. The molecule has 0 spiro atoms. The monoisotopic (exact) mass is 279 g/mol. The van der Waals surface area contributed by atoms with Gasteiger partial charge >= 0.3 is 0 Å². The Balaban J connectivity index is 2.10. The first-order valence-electron chi connectivity index (χ1n) is 7.28. The number of nitrogens with two attached hydrogens (primary N) is 1. The SMILES string of the molecule is CCC1CCC(Nc2cc(NN)nc(COC)n2)C1C. The zero-order valence-electron chi connectivity index (χ0n) is 12.5. The molecule has 1 aromatic rings. The molecule has 0 aromatic carbocycles. The van der Waals surface area contributed by atoms with Gasteiger partial charge in [0.25, 0.3) is 0 Å². The van der Waals surface area contributed by atoms with E-state index < -0.39 is 0 Å². The molecule has 6 nitrogen and oxygen atoms in total. The molecule has 0 saturated heterocycles. The molecule has 0 bridgehead atoms. The van der Waals surface area contributed by atoms with E-state index in [1.54, 1.807) is 7.11 Å². The summed E-state index contributed by atoms with van der Waals surface area (Å²) in [5.74, 6) is 8.97. The smallest absolute Gasteiger partial charge is 0.158 e. The molecule has 112 valence electrons. The predicted molar refractivity (Wildman–Crippen MR) is 80.1 cm³/mol. The van der Waals surface area contributed by atoms with Gasteiger partial charge in [-0.25, -0.2) is 15.8 Å². The summed E-state index contributed by atoms with van der Waals surface area (Å²) in [6.45, 7) is 4.96. The number of methoxy groups -OCH3 is 1. The summed E-state index contributed by atoms with van der Waals surface area (Å²) < 4.78 is 5.09. The van der Waals surface area contributed by atoms with Crippen molar-refractivity contribution in [3.05, 3.63) is 11.9 Å². The second-order valence-electron chi connectivity index (χ2n) is 5.49. The maximum atomic E-state index is 5.45. The van der Waals surface area contributed by atoms with Crippen LogP contribution in [0, 0.1) is 11.8 Å². The van der Waals surface area contributed by atoms with Crippen molar-refractivity contribution in [2.45, 2.75) is 45.8 Å². The third-order valence-electron chi connectivity index (χ3n) is 4.28. The fourth-order valence-electron chi connectivity index (χ4n) is 3.06. The van der Waals surface area contributed by atoms with Gasteiger partial charge in [-0.15, -0.1) is 0 Å². The number of ether oxygens (including phenoxy) is 1. The number of nitrogens with one attached hydrogen (secondary N) is 2. The molecule has 0 radical (unpaired) electrons. The predicted octanol–water partition coefficient (Wildman–Crippen LogP) is 2.15. The summed E-state index contributed by atoms with van der Waals surface area (Å²) in [5, 5.41) is 3.53.